The summed E-state index contributed by atoms with van der Waals surface area (Å²) in [7, 11) is 0. The van der Waals surface area contributed by atoms with Gasteiger partial charge in [-0.15, -0.1) is 11.3 Å². The summed E-state index contributed by atoms with van der Waals surface area (Å²) in [5.41, 5.74) is 6.98. The number of rotatable bonds is 2. The van der Waals surface area contributed by atoms with E-state index in [4.69, 9.17) is 5.73 Å². The topological polar surface area (TPSA) is 26.0 Å². The summed E-state index contributed by atoms with van der Waals surface area (Å²) in [4.78, 5) is 2.29. The van der Waals surface area contributed by atoms with Crippen LogP contribution in [0.15, 0.2) is 66.7 Å². The summed E-state index contributed by atoms with van der Waals surface area (Å²) in [5.74, 6) is -0.192. The first-order valence-corrected chi connectivity index (χ1v) is 7.67. The number of hydrogen-bond acceptors (Lipinski definition) is 2. The smallest absolute Gasteiger partial charge is 0.123 e. The van der Waals surface area contributed by atoms with E-state index in [2.05, 4.69) is 18.2 Å². The predicted molar refractivity (Wildman–Crippen MR) is 89.9 cm³/mol. The van der Waals surface area contributed by atoms with Gasteiger partial charge in [-0.2, -0.15) is 0 Å². The molecule has 0 radical (unpaired) electrons. The van der Waals surface area contributed by atoms with Crippen LogP contribution in [0.3, 0.4) is 0 Å². The Labute approximate surface area is 128 Å². The second-order valence-electron chi connectivity index (χ2n) is 4.45. The molecule has 2 aromatic carbocycles. The van der Waals surface area contributed by atoms with Gasteiger partial charge in [-0.1, -0.05) is 49.4 Å². The van der Waals surface area contributed by atoms with Gasteiger partial charge in [-0.25, -0.2) is 4.39 Å². The lowest BCUT2D eigenvalue weighted by Crippen LogP contribution is -1.87. The van der Waals surface area contributed by atoms with Crippen LogP contribution in [0, 0.1) is 5.82 Å². The lowest BCUT2D eigenvalue weighted by Gasteiger charge is -1.97. The molecule has 0 fully saturated rings. The van der Waals surface area contributed by atoms with Gasteiger partial charge in [0.15, 0.2) is 0 Å². The van der Waals surface area contributed by atoms with E-state index >= 15 is 0 Å². The Hall–Kier alpha value is -1.97. The Kier molecular flexibility index (Phi) is 5.67. The summed E-state index contributed by atoms with van der Waals surface area (Å²) >= 11 is 1.68. The minimum atomic E-state index is -0.192. The lowest BCUT2D eigenvalue weighted by molar-refractivity contribution is 0.628. The van der Waals surface area contributed by atoms with Crippen molar-refractivity contribution in [3.8, 4) is 20.9 Å². The quantitative estimate of drug-likeness (QED) is 0.692. The van der Waals surface area contributed by atoms with Gasteiger partial charge in [0.25, 0.3) is 0 Å². The van der Waals surface area contributed by atoms with Crippen molar-refractivity contribution in [2.75, 3.05) is 6.54 Å². The first-order chi connectivity index (χ1) is 10.2. The maximum absolute atomic E-state index is 13.2. The van der Waals surface area contributed by atoms with E-state index in [1.807, 2.05) is 37.3 Å². The largest absolute Gasteiger partial charge is 0.331 e. The van der Waals surface area contributed by atoms with Crippen LogP contribution in [-0.4, -0.2) is 6.54 Å². The van der Waals surface area contributed by atoms with Crippen molar-refractivity contribution >= 4 is 11.3 Å². The van der Waals surface area contributed by atoms with Crippen LogP contribution in [0.2, 0.25) is 0 Å². The Morgan fingerprint density at radius 1 is 0.857 bits per heavy atom. The maximum Gasteiger partial charge on any atom is 0.123 e. The Morgan fingerprint density at radius 3 is 2.05 bits per heavy atom. The fraction of sp³-hybridized carbons (Fsp3) is 0.111. The first kappa shape index (κ1) is 15.4. The molecule has 1 nitrogen and oxygen atoms in total. The van der Waals surface area contributed by atoms with Gasteiger partial charge in [0.05, 0.1) is 0 Å². The van der Waals surface area contributed by atoms with Crippen LogP contribution in [0.1, 0.15) is 6.92 Å². The van der Waals surface area contributed by atoms with Crippen LogP contribution < -0.4 is 5.73 Å². The SMILES string of the molecule is CCN.Fc1cccc(-c2ccc(-c3ccccc3)s2)c1. The molecular formula is C18H18FNS. The third-order valence-corrected chi connectivity index (χ3v) is 3.96. The first-order valence-electron chi connectivity index (χ1n) is 6.86. The van der Waals surface area contributed by atoms with Crippen molar-refractivity contribution in [1.29, 1.82) is 0 Å². The van der Waals surface area contributed by atoms with E-state index in [0.29, 0.717) is 0 Å². The van der Waals surface area contributed by atoms with Crippen LogP contribution in [0.5, 0.6) is 0 Å². The van der Waals surface area contributed by atoms with E-state index in [-0.39, 0.29) is 5.82 Å². The molecule has 0 bridgehead atoms. The summed E-state index contributed by atoms with van der Waals surface area (Å²) < 4.78 is 13.2. The highest BCUT2D eigenvalue weighted by molar-refractivity contribution is 7.18. The molecule has 108 valence electrons. The second-order valence-corrected chi connectivity index (χ2v) is 5.53. The molecule has 0 spiro atoms. The fourth-order valence-electron chi connectivity index (χ4n) is 1.89. The van der Waals surface area contributed by atoms with Crippen molar-refractivity contribution in [2.45, 2.75) is 6.92 Å². The average molecular weight is 299 g/mol. The predicted octanol–water partition coefficient (Wildman–Crippen LogP) is 5.19. The highest BCUT2D eigenvalue weighted by Crippen LogP contribution is 2.34. The zero-order valence-electron chi connectivity index (χ0n) is 11.9. The summed E-state index contributed by atoms with van der Waals surface area (Å²) in [6.45, 7) is 2.65. The van der Waals surface area contributed by atoms with Crippen molar-refractivity contribution in [1.82, 2.24) is 0 Å². The molecule has 0 aliphatic carbocycles. The summed E-state index contributed by atoms with van der Waals surface area (Å²) in [5, 5.41) is 0. The average Bonchev–Trinajstić information content (AvgIpc) is 2.99. The third-order valence-electron chi connectivity index (χ3n) is 2.77. The Bertz CT molecular complexity index is 676. The molecular weight excluding hydrogens is 281 g/mol. The summed E-state index contributed by atoms with van der Waals surface area (Å²) in [6, 6.07) is 21.1. The second kappa shape index (κ2) is 7.72. The minimum absolute atomic E-state index is 0.192. The van der Waals surface area contributed by atoms with E-state index in [1.54, 1.807) is 23.5 Å². The molecule has 0 saturated carbocycles. The molecule has 0 atom stereocenters. The van der Waals surface area contributed by atoms with Gasteiger partial charge in [0.2, 0.25) is 0 Å². The zero-order valence-corrected chi connectivity index (χ0v) is 12.7. The Morgan fingerprint density at radius 2 is 1.43 bits per heavy atom. The van der Waals surface area contributed by atoms with Crippen molar-refractivity contribution in [2.24, 2.45) is 5.73 Å². The minimum Gasteiger partial charge on any atom is -0.331 e. The molecule has 3 aromatic rings. The van der Waals surface area contributed by atoms with E-state index in [1.165, 1.54) is 16.5 Å². The van der Waals surface area contributed by atoms with E-state index < -0.39 is 0 Å². The lowest BCUT2D eigenvalue weighted by atomic mass is 10.1. The normalized spacial score (nSPS) is 9.86. The highest BCUT2D eigenvalue weighted by atomic mass is 32.1. The van der Waals surface area contributed by atoms with Gasteiger partial charge in [-0.3, -0.25) is 0 Å². The molecule has 3 heteroatoms. The number of benzene rings is 2. The third kappa shape index (κ3) is 4.25. The van der Waals surface area contributed by atoms with Gasteiger partial charge in [0, 0.05) is 9.75 Å². The standard InChI is InChI=1S/C16H11FS.C2H7N/c17-14-8-4-7-13(11-14)16-10-9-15(18-16)12-5-2-1-3-6-12;1-2-3/h1-11H;2-3H2,1H3. The van der Waals surface area contributed by atoms with Crippen LogP contribution in [0.25, 0.3) is 20.9 Å². The maximum atomic E-state index is 13.2. The van der Waals surface area contributed by atoms with Crippen molar-refractivity contribution in [3.63, 3.8) is 0 Å². The molecule has 0 aliphatic heterocycles. The number of halogens is 1. The van der Waals surface area contributed by atoms with Gasteiger partial charge in [0.1, 0.15) is 5.82 Å². The number of nitrogens with two attached hydrogens (primary N) is 1. The molecule has 0 aliphatic rings. The van der Waals surface area contributed by atoms with E-state index in [0.717, 1.165) is 17.0 Å². The molecule has 1 aromatic heterocycles. The highest BCUT2D eigenvalue weighted by Gasteiger charge is 2.05. The number of hydrogen-bond donors (Lipinski definition) is 1. The molecule has 0 saturated heterocycles. The molecule has 1 heterocycles. The Balaban J connectivity index is 0.000000497. The van der Waals surface area contributed by atoms with E-state index in [9.17, 15) is 4.39 Å². The van der Waals surface area contributed by atoms with Gasteiger partial charge in [-0.05, 0) is 41.9 Å². The van der Waals surface area contributed by atoms with Crippen LogP contribution in [0.4, 0.5) is 4.39 Å². The van der Waals surface area contributed by atoms with Gasteiger partial charge < -0.3 is 5.73 Å². The monoisotopic (exact) mass is 299 g/mol. The van der Waals surface area contributed by atoms with Crippen LogP contribution in [-0.2, 0) is 0 Å². The molecule has 2 N–H and O–H groups in total. The van der Waals surface area contributed by atoms with Crippen LogP contribution >= 0.6 is 11.3 Å². The molecule has 0 unspecified atom stereocenters. The fourth-order valence-corrected chi connectivity index (χ4v) is 2.90. The molecule has 3 rings (SSSR count). The van der Waals surface area contributed by atoms with Gasteiger partial charge >= 0.3 is 0 Å². The van der Waals surface area contributed by atoms with Crippen molar-refractivity contribution in [3.05, 3.63) is 72.5 Å². The van der Waals surface area contributed by atoms with Crippen molar-refractivity contribution < 1.29 is 4.39 Å². The summed E-state index contributed by atoms with van der Waals surface area (Å²) in [6.07, 6.45) is 0. The molecule has 21 heavy (non-hydrogen) atoms. The zero-order chi connectivity index (χ0) is 15.1. The number of thiophene rings is 1. The molecule has 0 amide bonds.